The van der Waals surface area contributed by atoms with E-state index in [0.717, 1.165) is 0 Å². The topological polar surface area (TPSA) is 95.7 Å². The van der Waals surface area contributed by atoms with Gasteiger partial charge in [-0.05, 0) is 30.5 Å². The van der Waals surface area contributed by atoms with Crippen molar-refractivity contribution in [1.29, 1.82) is 0 Å². The first-order chi connectivity index (χ1) is 11.4. The number of hydrogen-bond donors (Lipinski definition) is 0. The van der Waals surface area contributed by atoms with Crippen molar-refractivity contribution in [3.05, 3.63) is 52.1 Å². The molecule has 1 atom stereocenters. The van der Waals surface area contributed by atoms with Crippen molar-refractivity contribution in [2.75, 3.05) is 19.8 Å². The fourth-order valence-electron chi connectivity index (χ4n) is 3.22. The molecule has 0 N–H and O–H groups in total. The van der Waals surface area contributed by atoms with Gasteiger partial charge in [0.15, 0.2) is 0 Å². The molecule has 0 aliphatic heterocycles. The van der Waals surface area contributed by atoms with Crippen molar-refractivity contribution < 1.29 is 24.0 Å². The van der Waals surface area contributed by atoms with E-state index in [-0.39, 0.29) is 18.8 Å². The van der Waals surface area contributed by atoms with Crippen molar-refractivity contribution in [2.24, 2.45) is 5.41 Å². The molecule has 1 aliphatic rings. The van der Waals surface area contributed by atoms with Crippen molar-refractivity contribution in [2.45, 2.75) is 19.8 Å². The van der Waals surface area contributed by atoms with Gasteiger partial charge >= 0.3 is 11.9 Å². The van der Waals surface area contributed by atoms with E-state index in [1.807, 2.05) is 0 Å². The largest absolute Gasteiger partial charge is 0.465 e. The maximum atomic E-state index is 12.7. The normalized spacial score (nSPS) is 17.9. The first-order valence-electron chi connectivity index (χ1n) is 7.66. The second kappa shape index (κ2) is 6.82. The molecule has 0 aromatic heterocycles. The summed E-state index contributed by atoms with van der Waals surface area (Å²) in [5.74, 6) is -2.75. The van der Waals surface area contributed by atoms with Crippen LogP contribution in [0.15, 0.2) is 30.8 Å². The smallest absolute Gasteiger partial charge is 0.328 e. The fourth-order valence-corrected chi connectivity index (χ4v) is 3.22. The highest BCUT2D eigenvalue weighted by molar-refractivity contribution is 6.15. The van der Waals surface area contributed by atoms with Gasteiger partial charge in [0, 0.05) is 4.92 Å². The predicted molar refractivity (Wildman–Crippen MR) is 85.8 cm³/mol. The van der Waals surface area contributed by atoms with Gasteiger partial charge in [-0.15, -0.1) is 0 Å². The molecule has 1 aromatic carbocycles. The van der Waals surface area contributed by atoms with Crippen LogP contribution in [0.5, 0.6) is 0 Å². The predicted octanol–water partition coefficient (Wildman–Crippen LogP) is 2.19. The van der Waals surface area contributed by atoms with Crippen LogP contribution in [0, 0.1) is 15.5 Å². The Kier molecular flexibility index (Phi) is 5.02. The van der Waals surface area contributed by atoms with E-state index < -0.39 is 34.7 Å². The fraction of sp³-hybridized carbons (Fsp3) is 0.412. The molecular weight excluding hydrogens is 314 g/mol. The lowest BCUT2D eigenvalue weighted by Crippen LogP contribution is -2.46. The molecule has 0 amide bonds. The van der Waals surface area contributed by atoms with Gasteiger partial charge in [-0.25, -0.2) is 0 Å². The number of nitrogens with zero attached hydrogens (tertiary/aromatic N) is 1. The number of fused-ring (bicyclic) bond motifs is 1. The third kappa shape index (κ3) is 2.55. The number of carbonyl (C=O) groups is 2. The van der Waals surface area contributed by atoms with Gasteiger partial charge in [0.25, 0.3) is 0 Å². The van der Waals surface area contributed by atoms with Crippen molar-refractivity contribution in [3.63, 3.8) is 0 Å². The highest BCUT2D eigenvalue weighted by Gasteiger charge is 2.63. The first-order valence-corrected chi connectivity index (χ1v) is 7.66. The summed E-state index contributed by atoms with van der Waals surface area (Å²) in [6.07, 6.45) is 0. The monoisotopic (exact) mass is 333 g/mol. The third-order valence-electron chi connectivity index (χ3n) is 4.19. The second-order valence-corrected chi connectivity index (χ2v) is 5.38. The molecule has 0 radical (unpaired) electrons. The van der Waals surface area contributed by atoms with E-state index in [0.29, 0.717) is 11.1 Å². The second-order valence-electron chi connectivity index (χ2n) is 5.38. The zero-order valence-corrected chi connectivity index (χ0v) is 13.6. The maximum absolute atomic E-state index is 12.7. The zero-order chi connectivity index (χ0) is 17.9. The molecule has 1 aromatic rings. The molecule has 0 fully saturated rings. The summed E-state index contributed by atoms with van der Waals surface area (Å²) < 4.78 is 10.2. The lowest BCUT2D eigenvalue weighted by Gasteiger charge is -2.30. The Labute approximate surface area is 139 Å². The van der Waals surface area contributed by atoms with E-state index in [2.05, 4.69) is 6.58 Å². The van der Waals surface area contributed by atoms with Crippen LogP contribution in [-0.4, -0.2) is 36.6 Å². The van der Waals surface area contributed by atoms with E-state index >= 15 is 0 Å². The summed E-state index contributed by atoms with van der Waals surface area (Å²) in [6, 6.07) is 6.77. The van der Waals surface area contributed by atoms with Crippen LogP contribution in [0.2, 0.25) is 0 Å². The van der Waals surface area contributed by atoms with Crippen molar-refractivity contribution in [1.82, 2.24) is 0 Å². The number of carbonyl (C=O) groups excluding carboxylic acids is 2. The van der Waals surface area contributed by atoms with Gasteiger partial charge < -0.3 is 9.47 Å². The maximum Gasteiger partial charge on any atom is 0.328 e. The molecule has 24 heavy (non-hydrogen) atoms. The van der Waals surface area contributed by atoms with E-state index in [4.69, 9.17) is 9.47 Å². The number of nitro groups is 1. The van der Waals surface area contributed by atoms with Gasteiger partial charge in [0.1, 0.15) is 0 Å². The standard InChI is InChI=1S/C17H19NO6/c1-4-23-15(19)17(16(20)24-5-2)11(3)12-8-6-7-9-13(12)14(17)10-18(21)22/h6-9,14H,3-5,10H2,1-2H3/t14-/m1/s1. The van der Waals surface area contributed by atoms with Crippen LogP contribution in [-0.2, 0) is 19.1 Å². The molecule has 0 saturated carbocycles. The highest BCUT2D eigenvalue weighted by Crippen LogP contribution is 2.55. The molecule has 7 nitrogen and oxygen atoms in total. The van der Waals surface area contributed by atoms with Crippen LogP contribution < -0.4 is 0 Å². The lowest BCUT2D eigenvalue weighted by molar-refractivity contribution is -0.484. The van der Waals surface area contributed by atoms with Crippen LogP contribution in [0.1, 0.15) is 30.9 Å². The molecule has 2 rings (SSSR count). The molecule has 1 aliphatic carbocycles. The number of rotatable bonds is 6. The summed E-state index contributed by atoms with van der Waals surface area (Å²) in [7, 11) is 0. The molecule has 0 saturated heterocycles. The van der Waals surface area contributed by atoms with E-state index in [9.17, 15) is 19.7 Å². The first kappa shape index (κ1) is 17.7. The van der Waals surface area contributed by atoms with Crippen molar-refractivity contribution >= 4 is 17.5 Å². The van der Waals surface area contributed by atoms with Gasteiger partial charge in [-0.2, -0.15) is 0 Å². The Morgan fingerprint density at radius 1 is 1.21 bits per heavy atom. The SMILES string of the molecule is C=C1c2ccccc2[C@@H](C[N+](=O)[O-])C1(C(=O)OCC)C(=O)OCC. The minimum Gasteiger partial charge on any atom is -0.465 e. The summed E-state index contributed by atoms with van der Waals surface area (Å²) in [4.78, 5) is 36.1. The van der Waals surface area contributed by atoms with Crippen LogP contribution in [0.4, 0.5) is 0 Å². The van der Waals surface area contributed by atoms with Gasteiger partial charge in [-0.3, -0.25) is 19.7 Å². The Hall–Kier alpha value is -2.70. The van der Waals surface area contributed by atoms with Gasteiger partial charge in [0.2, 0.25) is 12.0 Å². The molecule has 0 heterocycles. The van der Waals surface area contributed by atoms with Crippen LogP contribution in [0.3, 0.4) is 0 Å². The average molecular weight is 333 g/mol. The summed E-state index contributed by atoms with van der Waals surface area (Å²) in [5.41, 5.74) is -0.671. The Bertz CT molecular complexity index is 678. The Morgan fingerprint density at radius 2 is 1.75 bits per heavy atom. The molecule has 0 bridgehead atoms. The van der Waals surface area contributed by atoms with Crippen molar-refractivity contribution in [3.8, 4) is 0 Å². The third-order valence-corrected chi connectivity index (χ3v) is 4.19. The van der Waals surface area contributed by atoms with Gasteiger partial charge in [-0.1, -0.05) is 30.8 Å². The Morgan fingerprint density at radius 3 is 2.25 bits per heavy atom. The molecule has 0 spiro atoms. The van der Waals surface area contributed by atoms with Gasteiger partial charge in [0.05, 0.1) is 19.1 Å². The number of hydrogen-bond acceptors (Lipinski definition) is 6. The quantitative estimate of drug-likeness (QED) is 0.343. The summed E-state index contributed by atoms with van der Waals surface area (Å²) in [6.45, 7) is 6.56. The van der Waals surface area contributed by atoms with E-state index in [1.54, 1.807) is 38.1 Å². The average Bonchev–Trinajstić information content (AvgIpc) is 2.78. The van der Waals surface area contributed by atoms with Crippen LogP contribution >= 0.6 is 0 Å². The Balaban J connectivity index is 2.70. The molecule has 0 unspecified atom stereocenters. The minimum absolute atomic E-state index is 0.0365. The highest BCUT2D eigenvalue weighted by atomic mass is 16.6. The zero-order valence-electron chi connectivity index (χ0n) is 13.6. The van der Waals surface area contributed by atoms with E-state index in [1.165, 1.54) is 0 Å². The number of ether oxygens (including phenoxy) is 2. The molecule has 7 heteroatoms. The van der Waals surface area contributed by atoms with Crippen LogP contribution in [0.25, 0.3) is 5.57 Å². The molecule has 128 valence electrons. The number of benzene rings is 1. The summed E-state index contributed by atoms with van der Waals surface area (Å²) in [5, 5.41) is 11.2. The lowest BCUT2D eigenvalue weighted by atomic mass is 9.73. The minimum atomic E-state index is -1.93. The molecular formula is C17H19NO6. The number of esters is 2. The summed E-state index contributed by atoms with van der Waals surface area (Å²) >= 11 is 0.